The van der Waals surface area contributed by atoms with Crippen molar-refractivity contribution < 1.29 is 4.74 Å². The molecule has 0 atom stereocenters. The molecule has 1 N–H and O–H groups in total. The summed E-state index contributed by atoms with van der Waals surface area (Å²) in [7, 11) is 3.84. The van der Waals surface area contributed by atoms with E-state index < -0.39 is 0 Å². The lowest BCUT2D eigenvalue weighted by Crippen LogP contribution is -2.27. The molecule has 3 rings (SSSR count). The van der Waals surface area contributed by atoms with Crippen LogP contribution in [0.2, 0.25) is 0 Å². The van der Waals surface area contributed by atoms with Gasteiger partial charge in [-0.25, -0.2) is 0 Å². The van der Waals surface area contributed by atoms with Crippen LogP contribution in [0, 0.1) is 0 Å². The summed E-state index contributed by atoms with van der Waals surface area (Å²) < 4.78 is 7.57. The zero-order valence-corrected chi connectivity index (χ0v) is 12.4. The van der Waals surface area contributed by atoms with E-state index in [2.05, 4.69) is 40.2 Å². The number of aryl methyl sites for hydroxylation is 1. The van der Waals surface area contributed by atoms with Crippen molar-refractivity contribution in [2.24, 2.45) is 7.05 Å². The van der Waals surface area contributed by atoms with Crippen LogP contribution < -0.4 is 10.1 Å². The number of methoxy groups -OCH3 is 1. The van der Waals surface area contributed by atoms with Crippen molar-refractivity contribution in [2.45, 2.75) is 13.0 Å². The first-order chi connectivity index (χ1) is 9.78. The molecule has 1 aliphatic rings. The number of hydrogen-bond acceptors (Lipinski definition) is 3. The molecule has 0 aliphatic carbocycles. The third-order valence-corrected chi connectivity index (χ3v) is 4.11. The van der Waals surface area contributed by atoms with E-state index in [1.165, 1.54) is 29.4 Å². The zero-order valence-electron chi connectivity index (χ0n) is 12.4. The maximum absolute atomic E-state index is 5.36. The molecule has 2 aromatic rings. The van der Waals surface area contributed by atoms with Crippen LogP contribution in [-0.4, -0.2) is 42.8 Å². The van der Waals surface area contributed by atoms with E-state index in [1.807, 2.05) is 6.07 Å². The molecule has 0 unspecified atom stereocenters. The Kier molecular flexibility index (Phi) is 3.94. The number of aromatic nitrogens is 1. The molecule has 0 bridgehead atoms. The maximum atomic E-state index is 5.36. The van der Waals surface area contributed by atoms with E-state index in [0.29, 0.717) is 0 Å². The lowest BCUT2D eigenvalue weighted by atomic mass is 10.1. The van der Waals surface area contributed by atoms with E-state index >= 15 is 0 Å². The molecule has 0 saturated carbocycles. The Bertz CT molecular complexity index is 583. The predicted octanol–water partition coefficient (Wildman–Crippen LogP) is 1.98. The molecular weight excluding hydrogens is 250 g/mol. The van der Waals surface area contributed by atoms with Crippen molar-refractivity contribution >= 4 is 10.9 Å². The van der Waals surface area contributed by atoms with Crippen molar-refractivity contribution in [1.82, 2.24) is 14.8 Å². The SMILES string of the molecule is COc1ccc2c(c1)c(CN1CCCNCC1)cn2C. The standard InChI is InChI=1S/C16H23N3O/c1-18-11-13(12-19-8-3-6-17-7-9-19)15-10-14(20-2)4-5-16(15)18/h4-5,10-11,17H,3,6-9,12H2,1-2H3. The van der Waals surface area contributed by atoms with Crippen molar-refractivity contribution in [3.8, 4) is 5.75 Å². The van der Waals surface area contributed by atoms with E-state index in [1.54, 1.807) is 7.11 Å². The summed E-state index contributed by atoms with van der Waals surface area (Å²) in [6.07, 6.45) is 3.48. The number of nitrogens with zero attached hydrogens (tertiary/aromatic N) is 2. The van der Waals surface area contributed by atoms with E-state index in [9.17, 15) is 0 Å². The van der Waals surface area contributed by atoms with Crippen LogP contribution >= 0.6 is 0 Å². The van der Waals surface area contributed by atoms with Crippen molar-refractivity contribution in [2.75, 3.05) is 33.3 Å². The number of nitrogens with one attached hydrogen (secondary N) is 1. The Hall–Kier alpha value is -1.52. The molecule has 20 heavy (non-hydrogen) atoms. The molecule has 2 heterocycles. The first-order valence-electron chi connectivity index (χ1n) is 7.33. The van der Waals surface area contributed by atoms with Crippen molar-refractivity contribution in [3.63, 3.8) is 0 Å². The average molecular weight is 273 g/mol. The van der Waals surface area contributed by atoms with E-state index in [4.69, 9.17) is 4.74 Å². The van der Waals surface area contributed by atoms with Gasteiger partial charge in [0.15, 0.2) is 0 Å². The number of fused-ring (bicyclic) bond motifs is 1. The smallest absolute Gasteiger partial charge is 0.119 e. The highest BCUT2D eigenvalue weighted by Gasteiger charge is 2.13. The van der Waals surface area contributed by atoms with Gasteiger partial charge in [0.1, 0.15) is 5.75 Å². The minimum absolute atomic E-state index is 0.933. The summed E-state index contributed by atoms with van der Waals surface area (Å²) in [6, 6.07) is 6.32. The Morgan fingerprint density at radius 2 is 2.15 bits per heavy atom. The van der Waals surface area contributed by atoms with Gasteiger partial charge in [0.25, 0.3) is 0 Å². The van der Waals surface area contributed by atoms with Gasteiger partial charge < -0.3 is 14.6 Å². The second-order valence-electron chi connectivity index (χ2n) is 5.53. The fourth-order valence-electron chi connectivity index (χ4n) is 3.01. The van der Waals surface area contributed by atoms with Crippen LogP contribution in [-0.2, 0) is 13.6 Å². The Morgan fingerprint density at radius 3 is 3.00 bits per heavy atom. The first-order valence-corrected chi connectivity index (χ1v) is 7.33. The van der Waals surface area contributed by atoms with Crippen LogP contribution in [0.15, 0.2) is 24.4 Å². The van der Waals surface area contributed by atoms with Gasteiger partial charge in [0.05, 0.1) is 7.11 Å². The Balaban J connectivity index is 1.89. The summed E-state index contributed by atoms with van der Waals surface area (Å²) in [5, 5.41) is 4.77. The molecule has 0 radical (unpaired) electrons. The molecule has 1 saturated heterocycles. The lowest BCUT2D eigenvalue weighted by molar-refractivity contribution is 0.285. The number of ether oxygens (including phenoxy) is 1. The molecule has 4 nitrogen and oxygen atoms in total. The number of benzene rings is 1. The molecule has 1 aliphatic heterocycles. The van der Waals surface area contributed by atoms with Gasteiger partial charge in [-0.3, -0.25) is 4.90 Å². The topological polar surface area (TPSA) is 29.4 Å². The Morgan fingerprint density at radius 1 is 1.25 bits per heavy atom. The molecule has 1 aromatic heterocycles. The van der Waals surface area contributed by atoms with Crippen LogP contribution in [0.5, 0.6) is 5.75 Å². The lowest BCUT2D eigenvalue weighted by Gasteiger charge is -2.18. The molecule has 0 amide bonds. The van der Waals surface area contributed by atoms with Gasteiger partial charge in [0, 0.05) is 43.8 Å². The quantitative estimate of drug-likeness (QED) is 0.927. The highest BCUT2D eigenvalue weighted by Crippen LogP contribution is 2.26. The third kappa shape index (κ3) is 2.67. The van der Waals surface area contributed by atoms with Gasteiger partial charge >= 0.3 is 0 Å². The van der Waals surface area contributed by atoms with Gasteiger partial charge in [-0.2, -0.15) is 0 Å². The summed E-state index contributed by atoms with van der Waals surface area (Å²) >= 11 is 0. The largest absolute Gasteiger partial charge is 0.497 e. The molecule has 108 valence electrons. The second kappa shape index (κ2) is 5.85. The maximum Gasteiger partial charge on any atom is 0.119 e. The number of hydrogen-bond donors (Lipinski definition) is 1. The minimum Gasteiger partial charge on any atom is -0.497 e. The third-order valence-electron chi connectivity index (χ3n) is 4.11. The summed E-state index contributed by atoms with van der Waals surface area (Å²) in [4.78, 5) is 2.54. The van der Waals surface area contributed by atoms with Crippen molar-refractivity contribution in [3.05, 3.63) is 30.0 Å². The Labute approximate surface area is 120 Å². The van der Waals surface area contributed by atoms with Gasteiger partial charge in [-0.05, 0) is 43.3 Å². The molecule has 1 fully saturated rings. The summed E-state index contributed by atoms with van der Waals surface area (Å²) in [5.41, 5.74) is 2.66. The highest BCUT2D eigenvalue weighted by molar-refractivity contribution is 5.85. The normalized spacial score (nSPS) is 17.3. The molecule has 0 spiro atoms. The minimum atomic E-state index is 0.933. The molecular formula is C16H23N3O. The predicted molar refractivity (Wildman–Crippen MR) is 82.2 cm³/mol. The van der Waals surface area contributed by atoms with Gasteiger partial charge in [-0.1, -0.05) is 0 Å². The van der Waals surface area contributed by atoms with Crippen LogP contribution in [0.1, 0.15) is 12.0 Å². The van der Waals surface area contributed by atoms with E-state index in [0.717, 1.165) is 31.9 Å². The van der Waals surface area contributed by atoms with Crippen LogP contribution in [0.4, 0.5) is 0 Å². The fourth-order valence-corrected chi connectivity index (χ4v) is 3.01. The summed E-state index contributed by atoms with van der Waals surface area (Å²) in [5.74, 6) is 0.933. The van der Waals surface area contributed by atoms with Gasteiger partial charge in [-0.15, -0.1) is 0 Å². The summed E-state index contributed by atoms with van der Waals surface area (Å²) in [6.45, 7) is 5.55. The van der Waals surface area contributed by atoms with Crippen LogP contribution in [0.25, 0.3) is 10.9 Å². The van der Waals surface area contributed by atoms with E-state index in [-0.39, 0.29) is 0 Å². The number of rotatable bonds is 3. The van der Waals surface area contributed by atoms with Crippen molar-refractivity contribution in [1.29, 1.82) is 0 Å². The first kappa shape index (κ1) is 13.5. The molecule has 4 heteroatoms. The highest BCUT2D eigenvalue weighted by atomic mass is 16.5. The fraction of sp³-hybridized carbons (Fsp3) is 0.500. The molecule has 1 aromatic carbocycles. The average Bonchev–Trinajstić information content (AvgIpc) is 2.66. The second-order valence-corrected chi connectivity index (χ2v) is 5.53. The van der Waals surface area contributed by atoms with Gasteiger partial charge in [0.2, 0.25) is 0 Å². The van der Waals surface area contributed by atoms with Crippen LogP contribution in [0.3, 0.4) is 0 Å². The monoisotopic (exact) mass is 273 g/mol. The zero-order chi connectivity index (χ0) is 13.9.